The Labute approximate surface area is 147 Å². The number of aromatic nitrogens is 2. The van der Waals surface area contributed by atoms with E-state index >= 15 is 0 Å². The standard InChI is InChI=1S/C19H24FN3O2/c1-2-25-18(24)19(13-15-4-3-5-16(20)12-15)6-10-23(11-7-19)14-17-21-8-9-22-17/h3-5,8-9,12H,2,6-7,10-11,13-14H2,1H3,(H,21,22). The number of imidazole rings is 1. The molecule has 0 unspecified atom stereocenters. The van der Waals surface area contributed by atoms with Crippen LogP contribution in [0.4, 0.5) is 4.39 Å². The van der Waals surface area contributed by atoms with Gasteiger partial charge in [-0.3, -0.25) is 9.69 Å². The van der Waals surface area contributed by atoms with Gasteiger partial charge in [0.1, 0.15) is 11.6 Å². The molecule has 1 aromatic heterocycles. The summed E-state index contributed by atoms with van der Waals surface area (Å²) in [6, 6.07) is 6.50. The van der Waals surface area contributed by atoms with Gasteiger partial charge in [0, 0.05) is 12.4 Å². The lowest BCUT2D eigenvalue weighted by Gasteiger charge is -2.39. The summed E-state index contributed by atoms with van der Waals surface area (Å²) in [7, 11) is 0. The van der Waals surface area contributed by atoms with E-state index in [0.29, 0.717) is 25.9 Å². The van der Waals surface area contributed by atoms with Crippen molar-refractivity contribution in [2.24, 2.45) is 5.41 Å². The Morgan fingerprint density at radius 1 is 1.40 bits per heavy atom. The predicted molar refractivity (Wildman–Crippen MR) is 92.3 cm³/mol. The van der Waals surface area contributed by atoms with E-state index in [0.717, 1.165) is 31.0 Å². The SMILES string of the molecule is CCOC(=O)C1(Cc2cccc(F)c2)CCN(Cc2ncc[nH]2)CC1. The van der Waals surface area contributed by atoms with Gasteiger partial charge >= 0.3 is 5.97 Å². The maximum atomic E-state index is 13.5. The van der Waals surface area contributed by atoms with Gasteiger partial charge in [-0.05, 0) is 57.0 Å². The van der Waals surface area contributed by atoms with Gasteiger partial charge in [0.05, 0.1) is 18.6 Å². The summed E-state index contributed by atoms with van der Waals surface area (Å²) in [6.45, 7) is 4.50. The van der Waals surface area contributed by atoms with E-state index in [1.165, 1.54) is 12.1 Å². The molecular formula is C19H24FN3O2. The first kappa shape index (κ1) is 17.6. The van der Waals surface area contributed by atoms with Crippen LogP contribution in [0, 0.1) is 11.2 Å². The van der Waals surface area contributed by atoms with Crippen LogP contribution < -0.4 is 0 Å². The molecule has 1 aliphatic heterocycles. The number of hydrogen-bond acceptors (Lipinski definition) is 4. The highest BCUT2D eigenvalue weighted by Crippen LogP contribution is 2.37. The molecule has 2 heterocycles. The molecule has 134 valence electrons. The quantitative estimate of drug-likeness (QED) is 0.818. The number of likely N-dealkylation sites (tertiary alicyclic amines) is 1. The molecule has 25 heavy (non-hydrogen) atoms. The molecule has 1 aliphatic rings. The van der Waals surface area contributed by atoms with Crippen LogP contribution in [0.2, 0.25) is 0 Å². The summed E-state index contributed by atoms with van der Waals surface area (Å²) in [5.41, 5.74) is 0.260. The van der Waals surface area contributed by atoms with E-state index in [9.17, 15) is 9.18 Å². The third-order valence-electron chi connectivity index (χ3n) is 4.88. The summed E-state index contributed by atoms with van der Waals surface area (Å²) >= 11 is 0. The minimum Gasteiger partial charge on any atom is -0.466 e. The lowest BCUT2D eigenvalue weighted by atomic mass is 9.73. The minimum absolute atomic E-state index is 0.170. The van der Waals surface area contributed by atoms with Crippen LogP contribution in [0.3, 0.4) is 0 Å². The van der Waals surface area contributed by atoms with Gasteiger partial charge in [-0.25, -0.2) is 9.37 Å². The average molecular weight is 345 g/mol. The number of H-pyrrole nitrogens is 1. The van der Waals surface area contributed by atoms with Crippen molar-refractivity contribution < 1.29 is 13.9 Å². The first-order chi connectivity index (χ1) is 12.1. The van der Waals surface area contributed by atoms with Crippen molar-refractivity contribution in [3.63, 3.8) is 0 Å². The molecule has 0 saturated carbocycles. The molecule has 3 rings (SSSR count). The second-order valence-electron chi connectivity index (χ2n) is 6.62. The Balaban J connectivity index is 1.71. The molecule has 2 aromatic rings. The zero-order valence-corrected chi connectivity index (χ0v) is 14.5. The number of aromatic amines is 1. The third kappa shape index (κ3) is 4.25. The summed E-state index contributed by atoms with van der Waals surface area (Å²) < 4.78 is 18.9. The number of carbonyl (C=O) groups excluding carboxylic acids is 1. The average Bonchev–Trinajstić information content (AvgIpc) is 3.10. The number of halogens is 1. The van der Waals surface area contributed by atoms with Crippen LogP contribution in [0.5, 0.6) is 0 Å². The van der Waals surface area contributed by atoms with E-state index in [4.69, 9.17) is 4.74 Å². The number of nitrogens with one attached hydrogen (secondary N) is 1. The van der Waals surface area contributed by atoms with E-state index in [2.05, 4.69) is 14.9 Å². The zero-order valence-electron chi connectivity index (χ0n) is 14.5. The first-order valence-electron chi connectivity index (χ1n) is 8.73. The largest absolute Gasteiger partial charge is 0.466 e. The number of piperidine rings is 1. The molecule has 1 aromatic carbocycles. The van der Waals surface area contributed by atoms with Gasteiger partial charge in [-0.1, -0.05) is 12.1 Å². The van der Waals surface area contributed by atoms with Gasteiger partial charge in [-0.2, -0.15) is 0 Å². The molecule has 0 aliphatic carbocycles. The molecule has 1 fully saturated rings. The Kier molecular flexibility index (Phi) is 5.48. The number of esters is 1. The first-order valence-corrected chi connectivity index (χ1v) is 8.73. The van der Waals surface area contributed by atoms with Crippen LogP contribution in [-0.2, 0) is 22.5 Å². The Bertz CT molecular complexity index is 694. The van der Waals surface area contributed by atoms with Crippen LogP contribution in [-0.4, -0.2) is 40.5 Å². The van der Waals surface area contributed by atoms with Crippen molar-refractivity contribution in [1.29, 1.82) is 0 Å². The summed E-state index contributed by atoms with van der Waals surface area (Å²) in [5.74, 6) is 0.484. The number of carbonyl (C=O) groups is 1. The molecule has 0 radical (unpaired) electrons. The fourth-order valence-corrected chi connectivity index (χ4v) is 3.51. The molecule has 0 amide bonds. The highest BCUT2D eigenvalue weighted by atomic mass is 19.1. The summed E-state index contributed by atoms with van der Waals surface area (Å²) in [6.07, 6.45) is 5.46. The number of benzene rings is 1. The van der Waals surface area contributed by atoms with Crippen molar-refractivity contribution in [3.8, 4) is 0 Å². The molecule has 1 saturated heterocycles. The van der Waals surface area contributed by atoms with Gasteiger partial charge in [-0.15, -0.1) is 0 Å². The van der Waals surface area contributed by atoms with Crippen LogP contribution in [0.15, 0.2) is 36.7 Å². The Morgan fingerprint density at radius 3 is 2.84 bits per heavy atom. The van der Waals surface area contributed by atoms with Gasteiger partial charge in [0.25, 0.3) is 0 Å². The molecule has 5 nitrogen and oxygen atoms in total. The van der Waals surface area contributed by atoms with Crippen molar-refractivity contribution in [2.75, 3.05) is 19.7 Å². The van der Waals surface area contributed by atoms with Crippen LogP contribution >= 0.6 is 0 Å². The lowest BCUT2D eigenvalue weighted by molar-refractivity contribution is -0.158. The highest BCUT2D eigenvalue weighted by molar-refractivity contribution is 5.77. The van der Waals surface area contributed by atoms with E-state index in [-0.39, 0.29) is 11.8 Å². The summed E-state index contributed by atoms with van der Waals surface area (Å²) in [5, 5.41) is 0. The Morgan fingerprint density at radius 2 is 2.20 bits per heavy atom. The van der Waals surface area contributed by atoms with Crippen molar-refractivity contribution in [2.45, 2.75) is 32.7 Å². The van der Waals surface area contributed by atoms with Gasteiger partial charge in [0.2, 0.25) is 0 Å². The van der Waals surface area contributed by atoms with E-state index in [1.807, 2.05) is 19.2 Å². The van der Waals surface area contributed by atoms with Crippen molar-refractivity contribution in [3.05, 3.63) is 53.9 Å². The topological polar surface area (TPSA) is 58.2 Å². The van der Waals surface area contributed by atoms with Crippen molar-refractivity contribution >= 4 is 5.97 Å². The normalized spacial score (nSPS) is 17.4. The Hall–Kier alpha value is -2.21. The van der Waals surface area contributed by atoms with Gasteiger partial charge in [0.15, 0.2) is 0 Å². The predicted octanol–water partition coefficient (Wildman–Crippen LogP) is 2.94. The maximum Gasteiger partial charge on any atom is 0.312 e. The third-order valence-corrected chi connectivity index (χ3v) is 4.88. The number of ether oxygens (including phenoxy) is 1. The van der Waals surface area contributed by atoms with Crippen molar-refractivity contribution in [1.82, 2.24) is 14.9 Å². The van der Waals surface area contributed by atoms with E-state index in [1.54, 1.807) is 12.3 Å². The highest BCUT2D eigenvalue weighted by Gasteiger charge is 2.42. The zero-order chi connectivity index (χ0) is 17.7. The fraction of sp³-hybridized carbons (Fsp3) is 0.474. The molecule has 1 N–H and O–H groups in total. The number of hydrogen-bond donors (Lipinski definition) is 1. The van der Waals surface area contributed by atoms with E-state index < -0.39 is 5.41 Å². The van der Waals surface area contributed by atoms with Crippen LogP contribution in [0.1, 0.15) is 31.2 Å². The number of nitrogens with zero attached hydrogens (tertiary/aromatic N) is 2. The molecule has 6 heteroatoms. The molecule has 0 atom stereocenters. The smallest absolute Gasteiger partial charge is 0.312 e. The summed E-state index contributed by atoms with van der Waals surface area (Å²) in [4.78, 5) is 22.3. The minimum atomic E-state index is -0.580. The van der Waals surface area contributed by atoms with Crippen LogP contribution in [0.25, 0.3) is 0 Å². The second kappa shape index (κ2) is 7.78. The molecule has 0 spiro atoms. The molecule has 0 bridgehead atoms. The number of rotatable bonds is 6. The second-order valence-corrected chi connectivity index (χ2v) is 6.62. The molecular weight excluding hydrogens is 321 g/mol. The van der Waals surface area contributed by atoms with Gasteiger partial charge < -0.3 is 9.72 Å². The maximum absolute atomic E-state index is 13.5. The monoisotopic (exact) mass is 345 g/mol. The fourth-order valence-electron chi connectivity index (χ4n) is 3.51. The lowest BCUT2D eigenvalue weighted by Crippen LogP contribution is -2.46.